The van der Waals surface area contributed by atoms with Crippen LogP contribution in [0.25, 0.3) is 0 Å². The number of halogens is 1. The van der Waals surface area contributed by atoms with Gasteiger partial charge in [-0.05, 0) is 75.3 Å². The van der Waals surface area contributed by atoms with Crippen molar-refractivity contribution in [1.29, 1.82) is 0 Å². The zero-order valence-corrected chi connectivity index (χ0v) is 23.7. The highest BCUT2D eigenvalue weighted by molar-refractivity contribution is 6.33. The lowest BCUT2D eigenvalue weighted by Gasteiger charge is -2.18. The molecule has 9 nitrogen and oxygen atoms in total. The van der Waals surface area contributed by atoms with Gasteiger partial charge in [-0.1, -0.05) is 29.8 Å². The molecule has 0 saturated heterocycles. The van der Waals surface area contributed by atoms with E-state index in [0.717, 1.165) is 57.7 Å². The SMILES string of the molecule is COCCN1CCc2ccc(Nc3ncc(Cl)c(Nc4ccccc4C(=O)NCCCN(C)C)n3)cc2CC1. The van der Waals surface area contributed by atoms with Gasteiger partial charge in [-0.15, -0.1) is 0 Å². The Hall–Kier alpha value is -3.24. The zero-order chi connectivity index (χ0) is 27.6. The van der Waals surface area contributed by atoms with E-state index in [1.165, 1.54) is 11.1 Å². The predicted octanol–water partition coefficient (Wildman–Crippen LogP) is 4.35. The highest BCUT2D eigenvalue weighted by Gasteiger charge is 2.16. The minimum absolute atomic E-state index is 0.147. The first-order chi connectivity index (χ1) is 18.9. The van der Waals surface area contributed by atoms with Gasteiger partial charge in [0.25, 0.3) is 5.91 Å². The molecule has 3 N–H and O–H groups in total. The highest BCUT2D eigenvalue weighted by Crippen LogP contribution is 2.28. The third kappa shape index (κ3) is 8.37. The number of hydrogen-bond acceptors (Lipinski definition) is 8. The summed E-state index contributed by atoms with van der Waals surface area (Å²) in [5.41, 5.74) is 4.77. The maximum Gasteiger partial charge on any atom is 0.253 e. The number of anilines is 4. The molecule has 1 amide bonds. The molecule has 0 radical (unpaired) electrons. The van der Waals surface area contributed by atoms with Crippen LogP contribution in [0, 0.1) is 0 Å². The zero-order valence-electron chi connectivity index (χ0n) is 23.0. The van der Waals surface area contributed by atoms with Crippen LogP contribution in [0.5, 0.6) is 0 Å². The van der Waals surface area contributed by atoms with Crippen molar-refractivity contribution in [3.05, 3.63) is 70.4 Å². The summed E-state index contributed by atoms with van der Waals surface area (Å²) in [6.07, 6.45) is 4.43. The van der Waals surface area contributed by atoms with Gasteiger partial charge in [0, 0.05) is 39.0 Å². The van der Waals surface area contributed by atoms with E-state index in [0.29, 0.717) is 34.6 Å². The van der Waals surface area contributed by atoms with Crippen LogP contribution in [-0.4, -0.2) is 86.2 Å². The van der Waals surface area contributed by atoms with Crippen molar-refractivity contribution in [2.45, 2.75) is 19.3 Å². The van der Waals surface area contributed by atoms with E-state index >= 15 is 0 Å². The molecule has 39 heavy (non-hydrogen) atoms. The van der Waals surface area contributed by atoms with Crippen molar-refractivity contribution >= 4 is 40.6 Å². The number of methoxy groups -OCH3 is 1. The highest BCUT2D eigenvalue weighted by atomic mass is 35.5. The quantitative estimate of drug-likeness (QED) is 0.286. The van der Waals surface area contributed by atoms with Gasteiger partial charge in [0.05, 0.1) is 24.1 Å². The Balaban J connectivity index is 1.43. The normalized spacial score (nSPS) is 13.6. The molecule has 0 atom stereocenters. The predicted molar refractivity (Wildman–Crippen MR) is 158 cm³/mol. The van der Waals surface area contributed by atoms with Gasteiger partial charge >= 0.3 is 0 Å². The topological polar surface area (TPSA) is 94.7 Å². The van der Waals surface area contributed by atoms with Crippen LogP contribution in [0.3, 0.4) is 0 Å². The fraction of sp³-hybridized carbons (Fsp3) is 0.414. The second-order valence-corrected chi connectivity index (χ2v) is 10.3. The lowest BCUT2D eigenvalue weighted by Crippen LogP contribution is -2.29. The summed E-state index contributed by atoms with van der Waals surface area (Å²) in [5, 5.41) is 9.89. The summed E-state index contributed by atoms with van der Waals surface area (Å²) < 4.78 is 5.25. The second-order valence-electron chi connectivity index (χ2n) is 9.92. The lowest BCUT2D eigenvalue weighted by molar-refractivity contribution is 0.0953. The molecule has 0 spiro atoms. The van der Waals surface area contributed by atoms with Crippen LogP contribution in [0.4, 0.5) is 23.1 Å². The van der Waals surface area contributed by atoms with E-state index < -0.39 is 0 Å². The van der Waals surface area contributed by atoms with Gasteiger partial charge in [0.2, 0.25) is 5.95 Å². The van der Waals surface area contributed by atoms with Crippen molar-refractivity contribution in [2.24, 2.45) is 0 Å². The van der Waals surface area contributed by atoms with Gasteiger partial charge < -0.3 is 30.5 Å². The molecule has 0 unspecified atom stereocenters. The number of benzene rings is 2. The summed E-state index contributed by atoms with van der Waals surface area (Å²) in [5.74, 6) is 0.694. The molecule has 0 saturated carbocycles. The van der Waals surface area contributed by atoms with Gasteiger partial charge in [0.15, 0.2) is 5.82 Å². The number of amides is 1. The van der Waals surface area contributed by atoms with E-state index in [4.69, 9.17) is 16.3 Å². The molecular weight excluding hydrogens is 514 g/mol. The number of ether oxygens (including phenoxy) is 1. The smallest absolute Gasteiger partial charge is 0.253 e. The van der Waals surface area contributed by atoms with E-state index in [-0.39, 0.29) is 5.91 Å². The molecule has 2 aromatic carbocycles. The minimum atomic E-state index is -0.147. The first kappa shape index (κ1) is 28.8. The van der Waals surface area contributed by atoms with E-state index in [1.54, 1.807) is 19.4 Å². The van der Waals surface area contributed by atoms with E-state index in [2.05, 4.69) is 53.9 Å². The van der Waals surface area contributed by atoms with Crippen LogP contribution in [0.2, 0.25) is 5.02 Å². The fourth-order valence-electron chi connectivity index (χ4n) is 4.55. The number of hydrogen-bond donors (Lipinski definition) is 3. The molecule has 2 heterocycles. The van der Waals surface area contributed by atoms with Crippen LogP contribution in [0.1, 0.15) is 27.9 Å². The molecule has 3 aromatic rings. The van der Waals surface area contributed by atoms with Gasteiger partial charge in [-0.2, -0.15) is 4.98 Å². The molecule has 1 aromatic heterocycles. The Kier molecular flexibility index (Phi) is 10.5. The average Bonchev–Trinajstić information content (AvgIpc) is 3.13. The Morgan fingerprint density at radius 2 is 1.90 bits per heavy atom. The molecule has 4 rings (SSSR count). The molecule has 10 heteroatoms. The lowest BCUT2D eigenvalue weighted by atomic mass is 10.0. The molecule has 208 valence electrons. The Labute approximate surface area is 235 Å². The molecular formula is C29H38ClN7O2. The van der Waals surface area contributed by atoms with Gasteiger partial charge in [0.1, 0.15) is 5.02 Å². The van der Waals surface area contributed by atoms with Crippen molar-refractivity contribution < 1.29 is 9.53 Å². The number of carbonyl (C=O) groups excluding carboxylic acids is 1. The van der Waals surface area contributed by atoms with Crippen LogP contribution < -0.4 is 16.0 Å². The number of fused-ring (bicyclic) bond motifs is 1. The first-order valence-electron chi connectivity index (χ1n) is 13.3. The van der Waals surface area contributed by atoms with Crippen LogP contribution in [0.15, 0.2) is 48.7 Å². The molecule has 1 aliphatic rings. The number of carbonyl (C=O) groups is 1. The number of nitrogens with zero attached hydrogens (tertiary/aromatic N) is 4. The van der Waals surface area contributed by atoms with E-state index in [1.807, 2.05) is 32.3 Å². The van der Waals surface area contributed by atoms with Crippen molar-refractivity contribution in [3.63, 3.8) is 0 Å². The average molecular weight is 552 g/mol. The monoisotopic (exact) mass is 551 g/mol. The van der Waals surface area contributed by atoms with Gasteiger partial charge in [-0.3, -0.25) is 4.79 Å². The minimum Gasteiger partial charge on any atom is -0.383 e. The Morgan fingerprint density at radius 3 is 2.69 bits per heavy atom. The summed E-state index contributed by atoms with van der Waals surface area (Å²) >= 11 is 6.44. The van der Waals surface area contributed by atoms with E-state index in [9.17, 15) is 4.79 Å². The molecule has 1 aliphatic heterocycles. The largest absolute Gasteiger partial charge is 0.383 e. The summed E-state index contributed by atoms with van der Waals surface area (Å²) in [6, 6.07) is 13.7. The number of rotatable bonds is 12. The van der Waals surface area contributed by atoms with Crippen LogP contribution >= 0.6 is 11.6 Å². The molecule has 0 aliphatic carbocycles. The van der Waals surface area contributed by atoms with Crippen molar-refractivity contribution in [1.82, 2.24) is 25.1 Å². The Bertz CT molecular complexity index is 1250. The van der Waals surface area contributed by atoms with Crippen molar-refractivity contribution in [2.75, 3.05) is 71.2 Å². The Morgan fingerprint density at radius 1 is 1.10 bits per heavy atom. The maximum absolute atomic E-state index is 12.9. The molecule has 0 bridgehead atoms. The summed E-state index contributed by atoms with van der Waals surface area (Å²) in [7, 11) is 5.77. The first-order valence-corrected chi connectivity index (χ1v) is 13.7. The number of para-hydroxylation sites is 1. The third-order valence-corrected chi connectivity index (χ3v) is 6.98. The maximum atomic E-state index is 12.9. The third-order valence-electron chi connectivity index (χ3n) is 6.71. The molecule has 0 fully saturated rings. The van der Waals surface area contributed by atoms with Crippen LogP contribution in [-0.2, 0) is 17.6 Å². The van der Waals surface area contributed by atoms with Gasteiger partial charge in [-0.25, -0.2) is 4.98 Å². The second kappa shape index (κ2) is 14.2. The standard InChI is InChI=1S/C29H38ClN7O2/c1-36(2)14-6-13-31-28(38)24-7-4-5-8-26(24)34-27-25(30)20-32-29(35-27)33-23-10-9-21-11-15-37(17-18-39-3)16-12-22(21)19-23/h4-5,7-10,19-20H,6,11-18H2,1-3H3,(H,31,38)(H2,32,33,34,35). The number of nitrogens with one attached hydrogen (secondary N) is 3. The fourth-order valence-corrected chi connectivity index (χ4v) is 4.69. The number of aromatic nitrogens is 2. The van der Waals surface area contributed by atoms with Crippen molar-refractivity contribution in [3.8, 4) is 0 Å². The summed E-state index contributed by atoms with van der Waals surface area (Å²) in [4.78, 5) is 26.4. The summed E-state index contributed by atoms with van der Waals surface area (Å²) in [6.45, 7) is 5.25.